The van der Waals surface area contributed by atoms with Crippen LogP contribution in [0.1, 0.15) is 53.4 Å². The molecule has 0 bridgehead atoms. The fourth-order valence-corrected chi connectivity index (χ4v) is 2.24. The van der Waals surface area contributed by atoms with Crippen molar-refractivity contribution in [3.8, 4) is 0 Å². The SMILES string of the molecule is CCCNC1CCCC1OCCOC(C)(C)C. The summed E-state index contributed by atoms with van der Waals surface area (Å²) in [6.45, 7) is 10.9. The highest BCUT2D eigenvalue weighted by Crippen LogP contribution is 2.22. The van der Waals surface area contributed by atoms with Gasteiger partial charge in [-0.05, 0) is 53.0 Å². The first-order chi connectivity index (χ1) is 8.03. The predicted octanol–water partition coefficient (Wildman–Crippen LogP) is 2.74. The van der Waals surface area contributed by atoms with Crippen molar-refractivity contribution in [2.75, 3.05) is 19.8 Å². The highest BCUT2D eigenvalue weighted by atomic mass is 16.5. The predicted molar refractivity (Wildman–Crippen MR) is 71.4 cm³/mol. The number of rotatable bonds is 7. The van der Waals surface area contributed by atoms with Crippen LogP contribution in [-0.4, -0.2) is 37.5 Å². The minimum absolute atomic E-state index is 0.0566. The van der Waals surface area contributed by atoms with Gasteiger partial charge in [0, 0.05) is 6.04 Å². The highest BCUT2D eigenvalue weighted by molar-refractivity contribution is 4.83. The van der Waals surface area contributed by atoms with Crippen molar-refractivity contribution in [2.24, 2.45) is 0 Å². The van der Waals surface area contributed by atoms with Crippen molar-refractivity contribution in [2.45, 2.75) is 71.1 Å². The smallest absolute Gasteiger partial charge is 0.0729 e. The van der Waals surface area contributed by atoms with E-state index in [9.17, 15) is 0 Å². The molecule has 17 heavy (non-hydrogen) atoms. The van der Waals surface area contributed by atoms with E-state index in [2.05, 4.69) is 33.0 Å². The first-order valence-electron chi connectivity index (χ1n) is 7.02. The Kier molecular flexibility index (Phi) is 6.45. The zero-order chi connectivity index (χ0) is 12.7. The van der Waals surface area contributed by atoms with Crippen LogP contribution in [-0.2, 0) is 9.47 Å². The maximum Gasteiger partial charge on any atom is 0.0729 e. The molecule has 1 aliphatic carbocycles. The molecule has 1 fully saturated rings. The normalized spacial score (nSPS) is 25.4. The van der Waals surface area contributed by atoms with Crippen LogP contribution in [0.5, 0.6) is 0 Å². The molecule has 0 aromatic carbocycles. The average molecular weight is 243 g/mol. The van der Waals surface area contributed by atoms with Crippen LogP contribution in [0.4, 0.5) is 0 Å². The van der Waals surface area contributed by atoms with Crippen LogP contribution in [0.25, 0.3) is 0 Å². The molecular weight excluding hydrogens is 214 g/mol. The van der Waals surface area contributed by atoms with E-state index in [1.807, 2.05) is 0 Å². The first-order valence-corrected chi connectivity index (χ1v) is 7.02. The molecule has 102 valence electrons. The van der Waals surface area contributed by atoms with Gasteiger partial charge in [-0.25, -0.2) is 0 Å². The summed E-state index contributed by atoms with van der Waals surface area (Å²) in [7, 11) is 0. The number of hydrogen-bond donors (Lipinski definition) is 1. The van der Waals surface area contributed by atoms with Crippen LogP contribution in [0, 0.1) is 0 Å². The molecule has 0 amide bonds. The topological polar surface area (TPSA) is 30.5 Å². The molecular formula is C14H29NO2. The number of ether oxygens (including phenoxy) is 2. The van der Waals surface area contributed by atoms with Crippen molar-refractivity contribution in [1.29, 1.82) is 0 Å². The minimum Gasteiger partial charge on any atom is -0.374 e. The van der Waals surface area contributed by atoms with Gasteiger partial charge in [0.2, 0.25) is 0 Å². The lowest BCUT2D eigenvalue weighted by Crippen LogP contribution is -2.38. The number of hydrogen-bond acceptors (Lipinski definition) is 3. The van der Waals surface area contributed by atoms with Gasteiger partial charge in [-0.2, -0.15) is 0 Å². The van der Waals surface area contributed by atoms with E-state index < -0.39 is 0 Å². The lowest BCUT2D eigenvalue weighted by atomic mass is 10.2. The molecule has 1 aliphatic rings. The molecule has 0 radical (unpaired) electrons. The summed E-state index contributed by atoms with van der Waals surface area (Å²) in [5, 5.41) is 3.57. The van der Waals surface area contributed by atoms with E-state index in [4.69, 9.17) is 9.47 Å². The molecule has 0 spiro atoms. The van der Waals surface area contributed by atoms with Crippen LogP contribution < -0.4 is 5.32 Å². The van der Waals surface area contributed by atoms with Crippen molar-refractivity contribution < 1.29 is 9.47 Å². The highest BCUT2D eigenvalue weighted by Gasteiger charge is 2.27. The summed E-state index contributed by atoms with van der Waals surface area (Å²) in [6.07, 6.45) is 5.31. The maximum atomic E-state index is 5.92. The Morgan fingerprint density at radius 3 is 2.59 bits per heavy atom. The van der Waals surface area contributed by atoms with Gasteiger partial charge in [-0.15, -0.1) is 0 Å². The quantitative estimate of drug-likeness (QED) is 0.697. The van der Waals surface area contributed by atoms with Crippen LogP contribution in [0.15, 0.2) is 0 Å². The van der Waals surface area contributed by atoms with Gasteiger partial charge in [0.05, 0.1) is 24.9 Å². The summed E-state index contributed by atoms with van der Waals surface area (Å²) in [4.78, 5) is 0. The third-order valence-corrected chi connectivity index (χ3v) is 3.06. The summed E-state index contributed by atoms with van der Waals surface area (Å²) < 4.78 is 11.6. The second kappa shape index (κ2) is 7.34. The second-order valence-corrected chi connectivity index (χ2v) is 5.86. The van der Waals surface area contributed by atoms with Crippen LogP contribution in [0.3, 0.4) is 0 Å². The van der Waals surface area contributed by atoms with Gasteiger partial charge in [0.15, 0.2) is 0 Å². The van der Waals surface area contributed by atoms with E-state index >= 15 is 0 Å². The van der Waals surface area contributed by atoms with Gasteiger partial charge in [-0.1, -0.05) is 6.92 Å². The summed E-state index contributed by atoms with van der Waals surface area (Å²) in [6, 6.07) is 0.560. The molecule has 0 aromatic heterocycles. The molecule has 2 atom stereocenters. The van der Waals surface area contributed by atoms with Crippen molar-refractivity contribution in [1.82, 2.24) is 5.32 Å². The summed E-state index contributed by atoms with van der Waals surface area (Å²) >= 11 is 0. The lowest BCUT2D eigenvalue weighted by molar-refractivity contribution is -0.0543. The third kappa shape index (κ3) is 6.39. The minimum atomic E-state index is -0.0566. The maximum absolute atomic E-state index is 5.92. The van der Waals surface area contributed by atoms with Gasteiger partial charge < -0.3 is 14.8 Å². The molecule has 1 N–H and O–H groups in total. The molecule has 0 saturated heterocycles. The monoisotopic (exact) mass is 243 g/mol. The molecule has 0 aliphatic heterocycles. The number of nitrogens with one attached hydrogen (secondary N) is 1. The molecule has 1 saturated carbocycles. The Morgan fingerprint density at radius 1 is 1.18 bits per heavy atom. The molecule has 3 nitrogen and oxygen atoms in total. The molecule has 0 aromatic rings. The Labute approximate surface area is 106 Å². The summed E-state index contributed by atoms with van der Waals surface area (Å²) in [5.41, 5.74) is -0.0566. The zero-order valence-electron chi connectivity index (χ0n) is 11.9. The molecule has 2 unspecified atom stereocenters. The fraction of sp³-hybridized carbons (Fsp3) is 1.00. The van der Waals surface area contributed by atoms with Gasteiger partial charge >= 0.3 is 0 Å². The van der Waals surface area contributed by atoms with Crippen LogP contribution in [0.2, 0.25) is 0 Å². The summed E-state index contributed by atoms with van der Waals surface area (Å²) in [5.74, 6) is 0. The zero-order valence-corrected chi connectivity index (χ0v) is 11.9. The van der Waals surface area contributed by atoms with Crippen LogP contribution >= 0.6 is 0 Å². The van der Waals surface area contributed by atoms with Crippen molar-refractivity contribution >= 4 is 0 Å². The van der Waals surface area contributed by atoms with E-state index in [-0.39, 0.29) is 5.60 Å². The van der Waals surface area contributed by atoms with Gasteiger partial charge in [0.25, 0.3) is 0 Å². The van der Waals surface area contributed by atoms with Crippen molar-refractivity contribution in [3.05, 3.63) is 0 Å². The van der Waals surface area contributed by atoms with E-state index in [0.717, 1.165) is 6.54 Å². The Bertz CT molecular complexity index is 201. The van der Waals surface area contributed by atoms with Gasteiger partial charge in [-0.3, -0.25) is 0 Å². The Hall–Kier alpha value is -0.120. The fourth-order valence-electron chi connectivity index (χ4n) is 2.24. The Balaban J connectivity index is 2.13. The standard InChI is InChI=1S/C14H29NO2/c1-5-9-15-12-7-6-8-13(12)16-10-11-17-14(2,3)4/h12-13,15H,5-11H2,1-4H3. The van der Waals surface area contributed by atoms with E-state index in [1.54, 1.807) is 0 Å². The second-order valence-electron chi connectivity index (χ2n) is 5.86. The van der Waals surface area contributed by atoms with E-state index in [1.165, 1.54) is 25.7 Å². The lowest BCUT2D eigenvalue weighted by Gasteiger charge is -2.23. The first kappa shape index (κ1) is 14.9. The van der Waals surface area contributed by atoms with Crippen molar-refractivity contribution in [3.63, 3.8) is 0 Å². The average Bonchev–Trinajstić information content (AvgIpc) is 2.67. The van der Waals surface area contributed by atoms with Gasteiger partial charge in [0.1, 0.15) is 0 Å². The molecule has 0 heterocycles. The van der Waals surface area contributed by atoms with E-state index in [0.29, 0.717) is 25.4 Å². The molecule has 3 heteroatoms. The molecule has 1 rings (SSSR count). The third-order valence-electron chi connectivity index (χ3n) is 3.06. The Morgan fingerprint density at radius 2 is 1.94 bits per heavy atom. The largest absolute Gasteiger partial charge is 0.374 e.